The first kappa shape index (κ1) is 14.0. The van der Waals surface area contributed by atoms with Gasteiger partial charge in [-0.25, -0.2) is 0 Å². The van der Waals surface area contributed by atoms with Crippen LogP contribution in [-0.2, 0) is 6.42 Å². The Kier molecular flexibility index (Phi) is 6.01. The second-order valence-corrected chi connectivity index (χ2v) is 4.29. The number of aliphatic hydroxyl groups excluding tert-OH is 2. The molecule has 1 aromatic carbocycles. The van der Waals surface area contributed by atoms with Gasteiger partial charge in [-0.05, 0) is 49.9 Å². The fourth-order valence-corrected chi connectivity index (χ4v) is 1.81. The number of hydrogen-bond donors (Lipinski definition) is 2. The maximum Gasteiger partial charge on any atom is 0.119 e. The molecule has 0 saturated heterocycles. The zero-order chi connectivity index (χ0) is 12.7. The third kappa shape index (κ3) is 4.36. The van der Waals surface area contributed by atoms with Gasteiger partial charge in [0, 0.05) is 19.1 Å². The predicted octanol–water partition coefficient (Wildman–Crippen LogP) is 1.93. The predicted molar refractivity (Wildman–Crippen MR) is 68.3 cm³/mol. The van der Waals surface area contributed by atoms with E-state index in [1.165, 1.54) is 11.1 Å². The van der Waals surface area contributed by atoms with Crippen LogP contribution in [0.4, 0.5) is 0 Å². The van der Waals surface area contributed by atoms with Crippen LogP contribution in [0.5, 0.6) is 5.75 Å². The van der Waals surface area contributed by atoms with Crippen LogP contribution in [-0.4, -0.2) is 30.0 Å². The summed E-state index contributed by atoms with van der Waals surface area (Å²) in [6.45, 7) is 4.80. The molecular weight excluding hydrogens is 216 g/mol. The number of ether oxygens (including phenoxy) is 1. The Bertz CT molecular complexity index is 332. The van der Waals surface area contributed by atoms with Crippen molar-refractivity contribution in [2.24, 2.45) is 5.92 Å². The van der Waals surface area contributed by atoms with Crippen molar-refractivity contribution in [3.8, 4) is 5.75 Å². The van der Waals surface area contributed by atoms with E-state index in [-0.39, 0.29) is 19.1 Å². The molecule has 1 rings (SSSR count). The van der Waals surface area contributed by atoms with Gasteiger partial charge in [-0.15, -0.1) is 0 Å². The number of hydrogen-bond acceptors (Lipinski definition) is 3. The number of rotatable bonds is 7. The molecule has 0 fully saturated rings. The fourth-order valence-electron chi connectivity index (χ4n) is 1.81. The number of aliphatic hydroxyl groups is 2. The average molecular weight is 238 g/mol. The van der Waals surface area contributed by atoms with Crippen LogP contribution in [0, 0.1) is 12.8 Å². The lowest BCUT2D eigenvalue weighted by Gasteiger charge is -2.13. The van der Waals surface area contributed by atoms with Crippen LogP contribution in [0.2, 0.25) is 0 Å². The van der Waals surface area contributed by atoms with Gasteiger partial charge in [0.15, 0.2) is 0 Å². The monoisotopic (exact) mass is 238 g/mol. The van der Waals surface area contributed by atoms with Crippen molar-refractivity contribution in [2.45, 2.75) is 26.7 Å². The first-order valence-electron chi connectivity index (χ1n) is 6.15. The number of aryl methyl sites for hydroxylation is 2. The molecule has 3 heteroatoms. The van der Waals surface area contributed by atoms with E-state index < -0.39 is 0 Å². The summed E-state index contributed by atoms with van der Waals surface area (Å²) in [5, 5.41) is 18.0. The molecule has 17 heavy (non-hydrogen) atoms. The zero-order valence-corrected chi connectivity index (χ0v) is 10.6. The van der Waals surface area contributed by atoms with Crippen LogP contribution in [0.1, 0.15) is 24.5 Å². The van der Waals surface area contributed by atoms with E-state index in [4.69, 9.17) is 14.9 Å². The molecule has 0 bridgehead atoms. The highest BCUT2D eigenvalue weighted by atomic mass is 16.5. The molecule has 0 unspecified atom stereocenters. The van der Waals surface area contributed by atoms with Gasteiger partial charge < -0.3 is 14.9 Å². The smallest absolute Gasteiger partial charge is 0.119 e. The lowest BCUT2D eigenvalue weighted by Crippen LogP contribution is -2.12. The minimum absolute atomic E-state index is 0.0130. The van der Waals surface area contributed by atoms with E-state index in [0.29, 0.717) is 6.61 Å². The van der Waals surface area contributed by atoms with Crippen molar-refractivity contribution in [3.63, 3.8) is 0 Å². The standard InChI is InChI=1S/C14H22O3/c1-3-17-14-7-6-13(11(2)8-14)5-4-12(9-15)10-16/h6-8,12,15-16H,3-5,9-10H2,1-2H3. The summed E-state index contributed by atoms with van der Waals surface area (Å²) in [6.07, 6.45) is 1.69. The Morgan fingerprint density at radius 3 is 2.47 bits per heavy atom. The molecular formula is C14H22O3. The van der Waals surface area contributed by atoms with Gasteiger partial charge in [0.05, 0.1) is 6.61 Å². The quantitative estimate of drug-likeness (QED) is 0.763. The Labute approximate surface area is 103 Å². The summed E-state index contributed by atoms with van der Waals surface area (Å²) in [7, 11) is 0. The van der Waals surface area contributed by atoms with Crippen molar-refractivity contribution >= 4 is 0 Å². The normalized spacial score (nSPS) is 10.9. The second kappa shape index (κ2) is 7.30. The van der Waals surface area contributed by atoms with Crippen LogP contribution in [0.3, 0.4) is 0 Å². The van der Waals surface area contributed by atoms with Crippen molar-refractivity contribution in [1.82, 2.24) is 0 Å². The van der Waals surface area contributed by atoms with Gasteiger partial charge >= 0.3 is 0 Å². The van der Waals surface area contributed by atoms with Gasteiger partial charge in [0.25, 0.3) is 0 Å². The van der Waals surface area contributed by atoms with E-state index >= 15 is 0 Å². The average Bonchev–Trinajstić information content (AvgIpc) is 2.33. The molecule has 0 radical (unpaired) electrons. The van der Waals surface area contributed by atoms with Gasteiger partial charge in [-0.3, -0.25) is 0 Å². The molecule has 3 nitrogen and oxygen atoms in total. The molecule has 0 atom stereocenters. The van der Waals surface area contributed by atoms with Gasteiger partial charge in [0.1, 0.15) is 5.75 Å². The minimum atomic E-state index is -0.0130. The molecule has 0 aliphatic carbocycles. The third-order valence-corrected chi connectivity index (χ3v) is 2.96. The van der Waals surface area contributed by atoms with E-state index in [9.17, 15) is 0 Å². The molecule has 0 spiro atoms. The summed E-state index contributed by atoms with van der Waals surface area (Å²) < 4.78 is 5.43. The highest BCUT2D eigenvalue weighted by Crippen LogP contribution is 2.19. The summed E-state index contributed by atoms with van der Waals surface area (Å²) in [5.74, 6) is 0.885. The zero-order valence-electron chi connectivity index (χ0n) is 10.6. The van der Waals surface area contributed by atoms with Crippen molar-refractivity contribution < 1.29 is 14.9 Å². The van der Waals surface area contributed by atoms with E-state index in [2.05, 4.69) is 13.0 Å². The second-order valence-electron chi connectivity index (χ2n) is 4.29. The first-order valence-corrected chi connectivity index (χ1v) is 6.15. The number of benzene rings is 1. The summed E-state index contributed by atoms with van der Waals surface area (Å²) >= 11 is 0. The molecule has 0 aliphatic rings. The SMILES string of the molecule is CCOc1ccc(CCC(CO)CO)c(C)c1. The van der Waals surface area contributed by atoms with Crippen molar-refractivity contribution in [2.75, 3.05) is 19.8 Å². The maximum atomic E-state index is 9.01. The van der Waals surface area contributed by atoms with Gasteiger partial charge in [0.2, 0.25) is 0 Å². The van der Waals surface area contributed by atoms with Crippen LogP contribution in [0.25, 0.3) is 0 Å². The Hall–Kier alpha value is -1.06. The summed E-state index contributed by atoms with van der Waals surface area (Å²) in [5.41, 5.74) is 2.45. The largest absolute Gasteiger partial charge is 0.494 e. The lowest BCUT2D eigenvalue weighted by molar-refractivity contribution is 0.144. The Morgan fingerprint density at radius 1 is 1.24 bits per heavy atom. The van der Waals surface area contributed by atoms with Crippen molar-refractivity contribution in [1.29, 1.82) is 0 Å². The maximum absolute atomic E-state index is 9.01. The van der Waals surface area contributed by atoms with Crippen molar-refractivity contribution in [3.05, 3.63) is 29.3 Å². The fraction of sp³-hybridized carbons (Fsp3) is 0.571. The molecule has 0 heterocycles. The molecule has 0 aliphatic heterocycles. The van der Waals surface area contributed by atoms with E-state index in [0.717, 1.165) is 18.6 Å². The van der Waals surface area contributed by atoms with Gasteiger partial charge in [-0.1, -0.05) is 6.07 Å². The van der Waals surface area contributed by atoms with Crippen LogP contribution in [0.15, 0.2) is 18.2 Å². The summed E-state index contributed by atoms with van der Waals surface area (Å²) in [4.78, 5) is 0. The molecule has 0 amide bonds. The Morgan fingerprint density at radius 2 is 1.94 bits per heavy atom. The van der Waals surface area contributed by atoms with Crippen LogP contribution < -0.4 is 4.74 Å². The molecule has 0 aromatic heterocycles. The Balaban J connectivity index is 2.59. The minimum Gasteiger partial charge on any atom is -0.494 e. The molecule has 96 valence electrons. The highest BCUT2D eigenvalue weighted by molar-refractivity contribution is 5.34. The first-order chi connectivity index (χ1) is 8.21. The van der Waals surface area contributed by atoms with Gasteiger partial charge in [-0.2, -0.15) is 0 Å². The lowest BCUT2D eigenvalue weighted by atomic mass is 9.98. The molecule has 0 saturated carbocycles. The topological polar surface area (TPSA) is 49.7 Å². The highest BCUT2D eigenvalue weighted by Gasteiger charge is 2.07. The molecule has 1 aromatic rings. The van der Waals surface area contributed by atoms with Crippen LogP contribution >= 0.6 is 0 Å². The molecule has 2 N–H and O–H groups in total. The summed E-state index contributed by atoms with van der Waals surface area (Å²) in [6, 6.07) is 6.07. The third-order valence-electron chi connectivity index (χ3n) is 2.96. The van der Waals surface area contributed by atoms with E-state index in [1.54, 1.807) is 0 Å². The van der Waals surface area contributed by atoms with E-state index in [1.807, 2.05) is 19.1 Å².